The molecule has 3 rings (SSSR count). The summed E-state index contributed by atoms with van der Waals surface area (Å²) in [6.45, 7) is 8.85. The number of piperidine rings is 1. The first-order chi connectivity index (χ1) is 13.0. The molecule has 7 heteroatoms. The van der Waals surface area contributed by atoms with E-state index >= 15 is 0 Å². The molecule has 1 amide bonds. The van der Waals surface area contributed by atoms with Gasteiger partial charge in [-0.1, -0.05) is 31.2 Å². The lowest BCUT2D eigenvalue weighted by Crippen LogP contribution is -2.40. The minimum absolute atomic E-state index is 0.0581. The standard InChI is InChI=1S/C20H29N5O2/c1-15-12-16(2)14-24(13-15)10-5-9-21-19(26)8-11-25-20(27)17-6-3-4-7-18(17)22-23-25/h3-4,6-7,15-16H,5,8-14H2,1-2H3,(H,21,26). The molecule has 2 aromatic rings. The fraction of sp³-hybridized carbons (Fsp3) is 0.600. The minimum Gasteiger partial charge on any atom is -0.356 e. The number of hydrogen-bond acceptors (Lipinski definition) is 5. The Bertz CT molecular complexity index is 824. The Balaban J connectivity index is 1.40. The molecule has 0 spiro atoms. The third-order valence-corrected chi connectivity index (χ3v) is 5.10. The van der Waals surface area contributed by atoms with Crippen LogP contribution in [-0.4, -0.2) is 52.0 Å². The summed E-state index contributed by atoms with van der Waals surface area (Å²) < 4.78 is 1.26. The zero-order chi connectivity index (χ0) is 19.2. The molecular formula is C20H29N5O2. The first-order valence-corrected chi connectivity index (χ1v) is 9.84. The fourth-order valence-corrected chi connectivity index (χ4v) is 3.97. The second kappa shape index (κ2) is 9.08. The molecule has 1 saturated heterocycles. The number of aryl methyl sites for hydroxylation is 1. The first kappa shape index (κ1) is 19.5. The second-order valence-corrected chi connectivity index (χ2v) is 7.79. The van der Waals surface area contributed by atoms with Crippen LogP contribution in [0.15, 0.2) is 29.1 Å². The highest BCUT2D eigenvalue weighted by Gasteiger charge is 2.21. The van der Waals surface area contributed by atoms with Crippen molar-refractivity contribution in [1.29, 1.82) is 0 Å². The molecule has 27 heavy (non-hydrogen) atoms. The van der Waals surface area contributed by atoms with Gasteiger partial charge in [0.05, 0.1) is 11.9 Å². The molecule has 146 valence electrons. The van der Waals surface area contributed by atoms with Gasteiger partial charge in [-0.2, -0.15) is 0 Å². The molecule has 0 aliphatic carbocycles. The molecule has 1 aromatic carbocycles. The first-order valence-electron chi connectivity index (χ1n) is 9.84. The number of benzene rings is 1. The lowest BCUT2D eigenvalue weighted by molar-refractivity contribution is -0.121. The average molecular weight is 371 g/mol. The van der Waals surface area contributed by atoms with Crippen molar-refractivity contribution in [1.82, 2.24) is 25.2 Å². The molecule has 2 atom stereocenters. The van der Waals surface area contributed by atoms with Gasteiger partial charge in [0.1, 0.15) is 5.52 Å². The van der Waals surface area contributed by atoms with Crippen LogP contribution in [-0.2, 0) is 11.3 Å². The van der Waals surface area contributed by atoms with Crippen LogP contribution in [0.5, 0.6) is 0 Å². The molecule has 1 aliphatic heterocycles. The number of nitrogens with one attached hydrogen (secondary N) is 1. The highest BCUT2D eigenvalue weighted by molar-refractivity contribution is 5.77. The van der Waals surface area contributed by atoms with E-state index in [9.17, 15) is 9.59 Å². The van der Waals surface area contributed by atoms with Crippen molar-refractivity contribution in [2.45, 2.75) is 39.7 Å². The van der Waals surface area contributed by atoms with Gasteiger partial charge in [0.2, 0.25) is 5.91 Å². The van der Waals surface area contributed by atoms with Crippen LogP contribution in [0.1, 0.15) is 33.1 Å². The van der Waals surface area contributed by atoms with E-state index in [0.717, 1.165) is 37.9 Å². The van der Waals surface area contributed by atoms with Crippen LogP contribution in [0.3, 0.4) is 0 Å². The number of nitrogens with zero attached hydrogens (tertiary/aromatic N) is 4. The maximum Gasteiger partial charge on any atom is 0.277 e. The summed E-state index contributed by atoms with van der Waals surface area (Å²) in [5, 5.41) is 11.4. The molecule has 1 aromatic heterocycles. The van der Waals surface area contributed by atoms with Crippen molar-refractivity contribution >= 4 is 16.8 Å². The average Bonchev–Trinajstić information content (AvgIpc) is 2.64. The molecule has 1 aliphatic rings. The molecule has 2 unspecified atom stereocenters. The highest BCUT2D eigenvalue weighted by atomic mass is 16.2. The largest absolute Gasteiger partial charge is 0.356 e. The topological polar surface area (TPSA) is 80.1 Å². The zero-order valence-corrected chi connectivity index (χ0v) is 16.2. The smallest absolute Gasteiger partial charge is 0.277 e. The Labute approximate surface area is 159 Å². The molecule has 0 bridgehead atoms. The van der Waals surface area contributed by atoms with E-state index < -0.39 is 0 Å². The number of amides is 1. The van der Waals surface area contributed by atoms with Gasteiger partial charge in [0.15, 0.2) is 0 Å². The third kappa shape index (κ3) is 5.35. The van der Waals surface area contributed by atoms with Crippen LogP contribution < -0.4 is 10.9 Å². The Morgan fingerprint density at radius 2 is 1.93 bits per heavy atom. The lowest BCUT2D eigenvalue weighted by Gasteiger charge is -2.34. The van der Waals surface area contributed by atoms with Crippen molar-refractivity contribution in [3.05, 3.63) is 34.6 Å². The maximum absolute atomic E-state index is 12.4. The summed E-state index contributed by atoms with van der Waals surface area (Å²) in [5.41, 5.74) is 0.367. The van der Waals surface area contributed by atoms with Gasteiger partial charge in [-0.05, 0) is 43.4 Å². The lowest BCUT2D eigenvalue weighted by atomic mass is 9.92. The summed E-state index contributed by atoms with van der Waals surface area (Å²) in [6.07, 6.45) is 2.48. The molecule has 1 N–H and O–H groups in total. The zero-order valence-electron chi connectivity index (χ0n) is 16.2. The van der Waals surface area contributed by atoms with E-state index in [2.05, 4.69) is 34.4 Å². The quantitative estimate of drug-likeness (QED) is 0.749. The van der Waals surface area contributed by atoms with Crippen molar-refractivity contribution in [2.75, 3.05) is 26.2 Å². The molecule has 1 fully saturated rings. The Morgan fingerprint density at radius 3 is 2.70 bits per heavy atom. The highest BCUT2D eigenvalue weighted by Crippen LogP contribution is 2.20. The predicted molar refractivity (Wildman–Crippen MR) is 105 cm³/mol. The van der Waals surface area contributed by atoms with Gasteiger partial charge in [-0.3, -0.25) is 9.59 Å². The minimum atomic E-state index is -0.207. The summed E-state index contributed by atoms with van der Waals surface area (Å²) in [6, 6.07) is 7.10. The van der Waals surface area contributed by atoms with Crippen LogP contribution in [0.4, 0.5) is 0 Å². The summed E-state index contributed by atoms with van der Waals surface area (Å²) in [7, 11) is 0. The SMILES string of the molecule is CC1CC(C)CN(CCCNC(=O)CCn2nnc3ccccc3c2=O)C1. The second-order valence-electron chi connectivity index (χ2n) is 7.79. The van der Waals surface area contributed by atoms with Crippen molar-refractivity contribution in [3.8, 4) is 0 Å². The van der Waals surface area contributed by atoms with Crippen LogP contribution in [0.25, 0.3) is 10.9 Å². The van der Waals surface area contributed by atoms with E-state index in [-0.39, 0.29) is 24.4 Å². The van der Waals surface area contributed by atoms with Gasteiger partial charge in [0, 0.05) is 26.1 Å². The maximum atomic E-state index is 12.4. The van der Waals surface area contributed by atoms with E-state index in [4.69, 9.17) is 0 Å². The van der Waals surface area contributed by atoms with Crippen LogP contribution in [0.2, 0.25) is 0 Å². The number of carbonyl (C=O) groups excluding carboxylic acids is 1. The van der Waals surface area contributed by atoms with Crippen LogP contribution in [0, 0.1) is 11.8 Å². The Morgan fingerprint density at radius 1 is 1.19 bits per heavy atom. The van der Waals surface area contributed by atoms with E-state index in [1.54, 1.807) is 18.2 Å². The van der Waals surface area contributed by atoms with Gasteiger partial charge in [-0.15, -0.1) is 5.10 Å². The number of aromatic nitrogens is 3. The van der Waals surface area contributed by atoms with Gasteiger partial charge >= 0.3 is 0 Å². The number of hydrogen-bond donors (Lipinski definition) is 1. The number of carbonyl (C=O) groups is 1. The number of rotatable bonds is 7. The fourth-order valence-electron chi connectivity index (χ4n) is 3.97. The molecule has 0 saturated carbocycles. The van der Waals surface area contributed by atoms with Gasteiger partial charge in [-0.25, -0.2) is 4.68 Å². The van der Waals surface area contributed by atoms with Gasteiger partial charge < -0.3 is 10.2 Å². The summed E-state index contributed by atoms with van der Waals surface area (Å²) in [4.78, 5) is 26.9. The number of likely N-dealkylation sites (tertiary alicyclic amines) is 1. The monoisotopic (exact) mass is 371 g/mol. The Kier molecular flexibility index (Phi) is 6.55. The normalized spacial score (nSPS) is 20.7. The van der Waals surface area contributed by atoms with E-state index in [1.807, 2.05) is 6.07 Å². The Hall–Kier alpha value is -2.28. The third-order valence-electron chi connectivity index (χ3n) is 5.10. The van der Waals surface area contributed by atoms with Crippen molar-refractivity contribution in [3.63, 3.8) is 0 Å². The van der Waals surface area contributed by atoms with Crippen molar-refractivity contribution in [2.24, 2.45) is 11.8 Å². The van der Waals surface area contributed by atoms with E-state index in [1.165, 1.54) is 11.1 Å². The molecule has 2 heterocycles. The molecular weight excluding hydrogens is 342 g/mol. The molecule has 0 radical (unpaired) electrons. The predicted octanol–water partition coefficient (Wildman–Crippen LogP) is 1.67. The van der Waals surface area contributed by atoms with Gasteiger partial charge in [0.25, 0.3) is 5.56 Å². The number of fused-ring (bicyclic) bond motifs is 1. The molecule has 7 nitrogen and oxygen atoms in total. The van der Waals surface area contributed by atoms with E-state index in [0.29, 0.717) is 17.4 Å². The summed E-state index contributed by atoms with van der Waals surface area (Å²) >= 11 is 0. The summed E-state index contributed by atoms with van der Waals surface area (Å²) in [5.74, 6) is 1.45. The van der Waals surface area contributed by atoms with Crippen LogP contribution >= 0.6 is 0 Å². The van der Waals surface area contributed by atoms with Crippen molar-refractivity contribution < 1.29 is 4.79 Å².